The van der Waals surface area contributed by atoms with E-state index < -0.39 is 5.41 Å². The molecule has 0 bridgehead atoms. The maximum Gasteiger partial charge on any atom is 0.0973 e. The first-order chi connectivity index (χ1) is 30.7. The molecule has 1 aliphatic carbocycles. The number of benzene rings is 9. The second-order valence-corrected chi connectivity index (χ2v) is 17.3. The van der Waals surface area contributed by atoms with Crippen molar-refractivity contribution < 1.29 is 0 Å². The van der Waals surface area contributed by atoms with E-state index in [-0.39, 0.29) is 0 Å². The Hall–Kier alpha value is -7.66. The van der Waals surface area contributed by atoms with Gasteiger partial charge in [0.05, 0.1) is 39.0 Å². The Morgan fingerprint density at radius 3 is 1.63 bits per heavy atom. The summed E-state index contributed by atoms with van der Waals surface area (Å²) in [6.45, 7) is 0. The van der Waals surface area contributed by atoms with Crippen molar-refractivity contribution in [3.63, 3.8) is 0 Å². The molecular formula is C58H35N3S. The normalized spacial score (nSPS) is 13.2. The molecule has 11 aromatic rings. The van der Waals surface area contributed by atoms with Gasteiger partial charge in [0, 0.05) is 42.6 Å². The van der Waals surface area contributed by atoms with Gasteiger partial charge in [-0.1, -0.05) is 194 Å². The zero-order valence-corrected chi connectivity index (χ0v) is 34.3. The van der Waals surface area contributed by atoms with Crippen LogP contribution >= 0.6 is 11.8 Å². The summed E-state index contributed by atoms with van der Waals surface area (Å²) in [5.74, 6) is 0. The van der Waals surface area contributed by atoms with Gasteiger partial charge in [-0.3, -0.25) is 0 Å². The average Bonchev–Trinajstić information content (AvgIpc) is 3.64. The lowest BCUT2D eigenvalue weighted by atomic mass is 9.67. The van der Waals surface area contributed by atoms with Gasteiger partial charge in [0.1, 0.15) is 0 Å². The minimum Gasteiger partial charge on any atom is -0.247 e. The van der Waals surface area contributed by atoms with Crippen molar-refractivity contribution in [2.24, 2.45) is 0 Å². The van der Waals surface area contributed by atoms with E-state index in [0.29, 0.717) is 0 Å². The van der Waals surface area contributed by atoms with Crippen molar-refractivity contribution >= 4 is 44.5 Å². The average molecular weight is 806 g/mol. The van der Waals surface area contributed by atoms with Gasteiger partial charge in [-0.15, -0.1) is 0 Å². The molecule has 13 rings (SSSR count). The summed E-state index contributed by atoms with van der Waals surface area (Å²) >= 11 is 1.90. The van der Waals surface area contributed by atoms with E-state index in [1.165, 1.54) is 48.6 Å². The molecule has 9 aromatic carbocycles. The molecule has 62 heavy (non-hydrogen) atoms. The fraction of sp³-hybridized carbons (Fsp3) is 0.0172. The summed E-state index contributed by atoms with van der Waals surface area (Å²) in [6.07, 6.45) is 0. The summed E-state index contributed by atoms with van der Waals surface area (Å²) in [6, 6.07) is 76.5. The Morgan fingerprint density at radius 2 is 0.887 bits per heavy atom. The number of hydrogen-bond donors (Lipinski definition) is 0. The van der Waals surface area contributed by atoms with Crippen LogP contribution < -0.4 is 0 Å². The third-order valence-corrected chi connectivity index (χ3v) is 14.1. The largest absolute Gasteiger partial charge is 0.247 e. The molecule has 0 atom stereocenters. The van der Waals surface area contributed by atoms with Crippen LogP contribution in [0.2, 0.25) is 0 Å². The van der Waals surface area contributed by atoms with Gasteiger partial charge < -0.3 is 0 Å². The van der Waals surface area contributed by atoms with E-state index in [1.807, 2.05) is 23.9 Å². The first kappa shape index (κ1) is 35.1. The van der Waals surface area contributed by atoms with Crippen molar-refractivity contribution in [1.29, 1.82) is 0 Å². The van der Waals surface area contributed by atoms with Gasteiger partial charge in [-0.25, -0.2) is 15.0 Å². The van der Waals surface area contributed by atoms with Crippen molar-refractivity contribution in [1.82, 2.24) is 15.0 Å². The van der Waals surface area contributed by atoms with Crippen molar-refractivity contribution in [3.8, 4) is 56.0 Å². The minimum atomic E-state index is -0.454. The SMILES string of the molecule is c1ccc(-c2nc3ccc(-c4cccc(-c5nc6ccccc6c6c7c(ccc56)C5(c6ccccc6S7)c6ccccc6-c6ccccc65)c4)cc3nc2-c2ccccc2)cc1. The third kappa shape index (κ3) is 5.11. The first-order valence-corrected chi connectivity index (χ1v) is 21.9. The van der Waals surface area contributed by atoms with Gasteiger partial charge in [-0.05, 0) is 74.8 Å². The highest BCUT2D eigenvalue weighted by Gasteiger charge is 2.50. The van der Waals surface area contributed by atoms with Crippen LogP contribution in [0, 0.1) is 0 Å². The molecule has 1 aliphatic heterocycles. The maximum atomic E-state index is 5.46. The van der Waals surface area contributed by atoms with E-state index in [2.05, 4.69) is 200 Å². The van der Waals surface area contributed by atoms with Crippen LogP contribution in [0.4, 0.5) is 0 Å². The molecule has 0 N–H and O–H groups in total. The molecule has 1 spiro atoms. The molecule has 0 saturated heterocycles. The van der Waals surface area contributed by atoms with E-state index in [0.717, 1.165) is 72.2 Å². The number of pyridine rings is 1. The van der Waals surface area contributed by atoms with Gasteiger partial charge in [0.2, 0.25) is 0 Å². The highest BCUT2D eigenvalue weighted by molar-refractivity contribution is 7.99. The maximum absolute atomic E-state index is 5.46. The lowest BCUT2D eigenvalue weighted by Crippen LogP contribution is -2.32. The number of fused-ring (bicyclic) bond motifs is 14. The molecule has 3 nitrogen and oxygen atoms in total. The van der Waals surface area contributed by atoms with Gasteiger partial charge in [-0.2, -0.15) is 0 Å². The fourth-order valence-corrected chi connectivity index (χ4v) is 11.6. The minimum absolute atomic E-state index is 0.454. The van der Waals surface area contributed by atoms with Crippen molar-refractivity contribution in [2.75, 3.05) is 0 Å². The molecule has 288 valence electrons. The smallest absolute Gasteiger partial charge is 0.0973 e. The fourth-order valence-electron chi connectivity index (χ4n) is 10.2. The van der Waals surface area contributed by atoms with Crippen LogP contribution in [-0.4, -0.2) is 15.0 Å². The summed E-state index contributed by atoms with van der Waals surface area (Å²) in [7, 11) is 0. The molecule has 4 heteroatoms. The molecule has 3 heterocycles. The summed E-state index contributed by atoms with van der Waals surface area (Å²) < 4.78 is 0. The molecule has 0 amide bonds. The highest BCUT2D eigenvalue weighted by atomic mass is 32.2. The van der Waals surface area contributed by atoms with Crippen LogP contribution in [0.3, 0.4) is 0 Å². The highest BCUT2D eigenvalue weighted by Crippen LogP contribution is 2.63. The van der Waals surface area contributed by atoms with Crippen LogP contribution in [0.5, 0.6) is 0 Å². The monoisotopic (exact) mass is 805 g/mol. The standard InChI is InChI=1S/C58H35N3S/c1-3-16-36(17-4-1)55-56(37-18-5-2-6-19-37)61-51-35-39(30-33-50(51)60-55)38-20-15-21-40(34-38)54-44-31-32-48-57(53(44)43-24-9-13-28-49(43)59-54)62-52-29-14-12-27-47(52)58(48)45-25-10-7-22-41(45)42-23-8-11-26-46(42)58/h1-35H. The Balaban J connectivity index is 1.01. The van der Waals surface area contributed by atoms with E-state index in [4.69, 9.17) is 15.0 Å². The molecule has 0 fully saturated rings. The van der Waals surface area contributed by atoms with E-state index >= 15 is 0 Å². The Labute approximate surface area is 363 Å². The number of nitrogens with zero attached hydrogens (tertiary/aromatic N) is 3. The molecule has 0 unspecified atom stereocenters. The van der Waals surface area contributed by atoms with Crippen molar-refractivity contribution in [2.45, 2.75) is 15.2 Å². The van der Waals surface area contributed by atoms with Gasteiger partial charge in [0.25, 0.3) is 0 Å². The Bertz CT molecular complexity index is 3570. The molecule has 2 aliphatic rings. The predicted molar refractivity (Wildman–Crippen MR) is 256 cm³/mol. The van der Waals surface area contributed by atoms with Gasteiger partial charge in [0.15, 0.2) is 0 Å². The number of para-hydroxylation sites is 1. The second kappa shape index (κ2) is 13.7. The Kier molecular flexibility index (Phi) is 7.75. The van der Waals surface area contributed by atoms with Crippen LogP contribution in [0.15, 0.2) is 222 Å². The third-order valence-electron chi connectivity index (χ3n) is 12.9. The quantitative estimate of drug-likeness (QED) is 0.166. The van der Waals surface area contributed by atoms with Crippen LogP contribution in [0.1, 0.15) is 22.3 Å². The topological polar surface area (TPSA) is 38.7 Å². The van der Waals surface area contributed by atoms with Crippen molar-refractivity contribution in [3.05, 3.63) is 235 Å². The number of hydrogen-bond acceptors (Lipinski definition) is 4. The van der Waals surface area contributed by atoms with Crippen LogP contribution in [-0.2, 0) is 5.41 Å². The molecular weight excluding hydrogens is 771 g/mol. The number of aromatic nitrogens is 3. The molecule has 0 saturated carbocycles. The summed E-state index contributed by atoms with van der Waals surface area (Å²) in [4.78, 5) is 18.6. The van der Waals surface area contributed by atoms with Crippen LogP contribution in [0.25, 0.3) is 88.7 Å². The Morgan fingerprint density at radius 1 is 0.323 bits per heavy atom. The zero-order chi connectivity index (χ0) is 40.8. The summed E-state index contributed by atoms with van der Waals surface area (Å²) in [5, 5.41) is 3.56. The lowest BCUT2D eigenvalue weighted by molar-refractivity contribution is 0.726. The zero-order valence-electron chi connectivity index (χ0n) is 33.5. The lowest BCUT2D eigenvalue weighted by Gasteiger charge is -2.40. The second-order valence-electron chi connectivity index (χ2n) is 16.2. The van der Waals surface area contributed by atoms with E-state index in [1.54, 1.807) is 0 Å². The molecule has 2 aromatic heterocycles. The first-order valence-electron chi connectivity index (χ1n) is 21.1. The predicted octanol–water partition coefficient (Wildman–Crippen LogP) is 14.8. The summed E-state index contributed by atoms with van der Waals surface area (Å²) in [5.41, 5.74) is 18.3. The molecule has 0 radical (unpaired) electrons. The van der Waals surface area contributed by atoms with E-state index in [9.17, 15) is 0 Å². The van der Waals surface area contributed by atoms with Gasteiger partial charge >= 0.3 is 0 Å². The number of rotatable bonds is 4.